The normalized spacial score (nSPS) is 11.2. The van der Waals surface area contributed by atoms with Gasteiger partial charge in [0.1, 0.15) is 11.3 Å². The SMILES string of the molecule is CNCc1nc2c([nH]1)c(=O)n(C)c(=O)n2C. The maximum atomic E-state index is 11.8. The first-order valence-electron chi connectivity index (χ1n) is 4.85. The van der Waals surface area contributed by atoms with Gasteiger partial charge >= 0.3 is 5.69 Å². The lowest BCUT2D eigenvalue weighted by Crippen LogP contribution is -2.36. The molecule has 0 radical (unpaired) electrons. The third kappa shape index (κ3) is 1.36. The minimum Gasteiger partial charge on any atom is -0.335 e. The highest BCUT2D eigenvalue weighted by molar-refractivity contribution is 5.69. The Labute approximate surface area is 90.7 Å². The molecule has 2 aromatic heterocycles. The molecule has 2 N–H and O–H groups in total. The van der Waals surface area contributed by atoms with Crippen molar-refractivity contribution in [1.29, 1.82) is 0 Å². The second-order valence-corrected chi connectivity index (χ2v) is 3.62. The molecule has 0 aromatic carbocycles. The van der Waals surface area contributed by atoms with E-state index >= 15 is 0 Å². The summed E-state index contributed by atoms with van der Waals surface area (Å²) in [5.74, 6) is 0.635. The van der Waals surface area contributed by atoms with Crippen molar-refractivity contribution in [1.82, 2.24) is 24.4 Å². The Bertz CT molecular complexity index is 648. The monoisotopic (exact) mass is 223 g/mol. The number of rotatable bonds is 2. The average Bonchev–Trinajstić information content (AvgIpc) is 2.68. The van der Waals surface area contributed by atoms with Crippen LogP contribution in [0.5, 0.6) is 0 Å². The Balaban J connectivity index is 2.87. The summed E-state index contributed by atoms with van der Waals surface area (Å²) in [6.07, 6.45) is 0. The van der Waals surface area contributed by atoms with Crippen molar-refractivity contribution < 1.29 is 0 Å². The Morgan fingerprint density at radius 3 is 2.62 bits per heavy atom. The maximum absolute atomic E-state index is 11.8. The molecule has 0 aliphatic heterocycles. The van der Waals surface area contributed by atoms with E-state index in [1.165, 1.54) is 11.6 Å². The maximum Gasteiger partial charge on any atom is 0.332 e. The minimum absolute atomic E-state index is 0.354. The van der Waals surface area contributed by atoms with E-state index in [0.717, 1.165) is 4.57 Å². The van der Waals surface area contributed by atoms with Crippen LogP contribution in [0.1, 0.15) is 5.82 Å². The predicted octanol–water partition coefficient (Wildman–Crippen LogP) is -1.32. The van der Waals surface area contributed by atoms with Gasteiger partial charge in [0.05, 0.1) is 6.54 Å². The Hall–Kier alpha value is -1.89. The first-order chi connectivity index (χ1) is 7.56. The minimum atomic E-state index is -0.375. The molecule has 0 spiro atoms. The summed E-state index contributed by atoms with van der Waals surface area (Å²) in [4.78, 5) is 30.5. The van der Waals surface area contributed by atoms with E-state index in [2.05, 4.69) is 15.3 Å². The summed E-state index contributed by atoms with van der Waals surface area (Å²) in [7, 11) is 4.82. The van der Waals surface area contributed by atoms with Crippen LogP contribution in [-0.2, 0) is 20.6 Å². The van der Waals surface area contributed by atoms with Gasteiger partial charge < -0.3 is 10.3 Å². The van der Waals surface area contributed by atoms with E-state index in [1.807, 2.05) is 0 Å². The lowest BCUT2D eigenvalue weighted by atomic mass is 10.5. The molecule has 7 nitrogen and oxygen atoms in total. The molecule has 86 valence electrons. The lowest BCUT2D eigenvalue weighted by molar-refractivity contribution is 0.708. The average molecular weight is 223 g/mol. The lowest BCUT2D eigenvalue weighted by Gasteiger charge is -2.00. The van der Waals surface area contributed by atoms with Gasteiger partial charge in [-0.25, -0.2) is 9.78 Å². The van der Waals surface area contributed by atoms with Gasteiger partial charge in [0, 0.05) is 14.1 Å². The van der Waals surface area contributed by atoms with Gasteiger partial charge in [-0.05, 0) is 7.05 Å². The molecular weight excluding hydrogens is 210 g/mol. The molecule has 16 heavy (non-hydrogen) atoms. The number of aryl methyl sites for hydroxylation is 1. The van der Waals surface area contributed by atoms with Gasteiger partial charge in [-0.15, -0.1) is 0 Å². The zero-order valence-corrected chi connectivity index (χ0v) is 9.37. The molecule has 2 aromatic rings. The fraction of sp³-hybridized carbons (Fsp3) is 0.444. The molecule has 2 heterocycles. The second-order valence-electron chi connectivity index (χ2n) is 3.62. The van der Waals surface area contributed by atoms with Gasteiger partial charge in [-0.3, -0.25) is 13.9 Å². The van der Waals surface area contributed by atoms with Gasteiger partial charge in [0.25, 0.3) is 5.56 Å². The quantitative estimate of drug-likeness (QED) is 0.661. The van der Waals surface area contributed by atoms with Crippen molar-refractivity contribution in [2.75, 3.05) is 7.05 Å². The van der Waals surface area contributed by atoms with E-state index in [4.69, 9.17) is 0 Å². The van der Waals surface area contributed by atoms with Crippen LogP contribution in [-0.4, -0.2) is 26.1 Å². The summed E-state index contributed by atoms with van der Waals surface area (Å²) in [6.45, 7) is 0.520. The standard InChI is InChI=1S/C9H13N5O2/c1-10-4-5-11-6-7(12-5)13(2)9(16)14(3)8(6)15/h10H,4H2,1-3H3,(H,11,12). The van der Waals surface area contributed by atoms with Crippen molar-refractivity contribution in [3.63, 3.8) is 0 Å². The van der Waals surface area contributed by atoms with Crippen LogP contribution in [0.3, 0.4) is 0 Å². The fourth-order valence-electron chi connectivity index (χ4n) is 1.63. The van der Waals surface area contributed by atoms with Crippen LogP contribution in [0, 0.1) is 0 Å². The smallest absolute Gasteiger partial charge is 0.332 e. The fourth-order valence-corrected chi connectivity index (χ4v) is 1.63. The summed E-state index contributed by atoms with van der Waals surface area (Å²) in [5, 5.41) is 2.92. The van der Waals surface area contributed by atoms with Gasteiger partial charge in [-0.1, -0.05) is 0 Å². The van der Waals surface area contributed by atoms with Crippen molar-refractivity contribution in [2.24, 2.45) is 14.1 Å². The van der Waals surface area contributed by atoms with Crippen LogP contribution >= 0.6 is 0 Å². The molecule has 0 amide bonds. The highest BCUT2D eigenvalue weighted by Crippen LogP contribution is 2.03. The molecule has 7 heteroatoms. The third-order valence-corrected chi connectivity index (χ3v) is 2.49. The molecule has 0 saturated carbocycles. The first-order valence-corrected chi connectivity index (χ1v) is 4.85. The summed E-state index contributed by atoms with van der Waals surface area (Å²) in [6, 6.07) is 0. The molecule has 0 atom stereocenters. The number of hydrogen-bond acceptors (Lipinski definition) is 4. The zero-order valence-electron chi connectivity index (χ0n) is 9.37. The topological polar surface area (TPSA) is 84.7 Å². The number of H-pyrrole nitrogens is 1. The molecule has 0 unspecified atom stereocenters. The number of hydrogen-bond donors (Lipinski definition) is 2. The molecule has 0 fully saturated rings. The largest absolute Gasteiger partial charge is 0.335 e. The molecule has 0 bridgehead atoms. The van der Waals surface area contributed by atoms with Crippen LogP contribution in [0.15, 0.2) is 9.59 Å². The summed E-state index contributed by atoms with van der Waals surface area (Å²) >= 11 is 0. The number of aromatic amines is 1. The van der Waals surface area contributed by atoms with Crippen molar-refractivity contribution in [3.8, 4) is 0 Å². The van der Waals surface area contributed by atoms with Crippen LogP contribution in [0.4, 0.5) is 0 Å². The van der Waals surface area contributed by atoms with Gasteiger partial charge in [-0.2, -0.15) is 0 Å². The van der Waals surface area contributed by atoms with Gasteiger partial charge in [0.2, 0.25) is 0 Å². The second kappa shape index (κ2) is 3.60. The molecule has 0 saturated heterocycles. The van der Waals surface area contributed by atoms with E-state index in [-0.39, 0.29) is 11.2 Å². The highest BCUT2D eigenvalue weighted by Gasteiger charge is 2.12. The highest BCUT2D eigenvalue weighted by atomic mass is 16.2. The molecular formula is C9H13N5O2. The van der Waals surface area contributed by atoms with E-state index < -0.39 is 0 Å². The molecule has 2 rings (SSSR count). The Morgan fingerprint density at radius 2 is 2.00 bits per heavy atom. The number of aromatic nitrogens is 4. The summed E-state index contributed by atoms with van der Waals surface area (Å²) in [5.41, 5.74) is 0.0150. The number of fused-ring (bicyclic) bond motifs is 1. The first kappa shape index (κ1) is 10.6. The van der Waals surface area contributed by atoms with Crippen molar-refractivity contribution in [2.45, 2.75) is 6.54 Å². The van der Waals surface area contributed by atoms with E-state index in [9.17, 15) is 9.59 Å². The van der Waals surface area contributed by atoms with Crippen molar-refractivity contribution >= 4 is 11.2 Å². The van der Waals surface area contributed by atoms with Crippen LogP contribution in [0.25, 0.3) is 11.2 Å². The third-order valence-electron chi connectivity index (χ3n) is 2.49. The number of imidazole rings is 1. The zero-order chi connectivity index (χ0) is 11.9. The Kier molecular flexibility index (Phi) is 2.39. The molecule has 0 aliphatic rings. The predicted molar refractivity (Wildman–Crippen MR) is 59.3 cm³/mol. The summed E-state index contributed by atoms with van der Waals surface area (Å²) < 4.78 is 2.41. The van der Waals surface area contributed by atoms with Crippen molar-refractivity contribution in [3.05, 3.63) is 26.7 Å². The van der Waals surface area contributed by atoms with E-state index in [1.54, 1.807) is 14.1 Å². The Morgan fingerprint density at radius 1 is 1.31 bits per heavy atom. The number of nitrogens with one attached hydrogen (secondary N) is 2. The van der Waals surface area contributed by atoms with Crippen LogP contribution < -0.4 is 16.6 Å². The molecule has 0 aliphatic carbocycles. The number of nitrogens with zero attached hydrogens (tertiary/aromatic N) is 3. The van der Waals surface area contributed by atoms with Gasteiger partial charge in [0.15, 0.2) is 5.65 Å². The van der Waals surface area contributed by atoms with E-state index in [0.29, 0.717) is 23.5 Å². The van der Waals surface area contributed by atoms with Crippen LogP contribution in [0.2, 0.25) is 0 Å².